The molecular weight excluding hydrogens is 632 g/mol. The standard InChI is InChI=1S/C30H30F4N6O5S/c1-5-24(36-28(42)37-29-40(27(41)16-46-29)25-12-18(2)6-7-20(25)14-43-4)23(31)13-19(3)44-15-26-35-17-39(38-26)21-8-10-22(11-9-21)45-30(32,33)34/h6-13,17H,5,14-16H2,1-4H3,(H,36,42)/b19-13+,24-23-,37-29?. The molecule has 0 unspecified atom stereocenters. The Bertz CT molecular complexity index is 1670. The van der Waals surface area contributed by atoms with Crippen LogP contribution in [0.25, 0.3) is 5.69 Å². The summed E-state index contributed by atoms with van der Waals surface area (Å²) < 4.78 is 68.2. The van der Waals surface area contributed by atoms with Crippen LogP contribution in [0.3, 0.4) is 0 Å². The molecule has 11 nitrogen and oxygen atoms in total. The molecular formula is C30H30F4N6O5S. The number of anilines is 1. The van der Waals surface area contributed by atoms with Crippen LogP contribution in [0.1, 0.15) is 37.2 Å². The van der Waals surface area contributed by atoms with Gasteiger partial charge in [0, 0.05) is 18.7 Å². The minimum absolute atomic E-state index is 0.0471. The summed E-state index contributed by atoms with van der Waals surface area (Å²) in [6, 6.07) is 9.72. The van der Waals surface area contributed by atoms with E-state index in [0.29, 0.717) is 11.4 Å². The Morgan fingerprint density at radius 1 is 1.17 bits per heavy atom. The van der Waals surface area contributed by atoms with E-state index in [4.69, 9.17) is 9.47 Å². The number of nitrogens with one attached hydrogen (secondary N) is 1. The summed E-state index contributed by atoms with van der Waals surface area (Å²) in [7, 11) is 1.54. The molecule has 244 valence electrons. The molecule has 1 aliphatic heterocycles. The van der Waals surface area contributed by atoms with Gasteiger partial charge in [-0.25, -0.2) is 18.9 Å². The molecule has 1 aliphatic rings. The first kappa shape index (κ1) is 34.2. The number of amidine groups is 1. The Labute approximate surface area is 265 Å². The lowest BCUT2D eigenvalue weighted by atomic mass is 10.1. The minimum atomic E-state index is -4.80. The number of allylic oxidation sites excluding steroid dienone is 4. The monoisotopic (exact) mass is 662 g/mol. The Morgan fingerprint density at radius 2 is 1.91 bits per heavy atom. The molecule has 16 heteroatoms. The summed E-state index contributed by atoms with van der Waals surface area (Å²) in [5.74, 6) is -0.918. The molecule has 0 radical (unpaired) electrons. The van der Waals surface area contributed by atoms with E-state index in [1.165, 1.54) is 42.1 Å². The number of hydrogen-bond acceptors (Lipinski definition) is 8. The minimum Gasteiger partial charge on any atom is -0.490 e. The Hall–Kier alpha value is -4.70. The summed E-state index contributed by atoms with van der Waals surface area (Å²) >= 11 is 1.10. The maximum atomic E-state index is 15.1. The molecule has 46 heavy (non-hydrogen) atoms. The zero-order valence-electron chi connectivity index (χ0n) is 25.2. The number of hydrogen-bond donors (Lipinski definition) is 1. The number of rotatable bonds is 11. The quantitative estimate of drug-likeness (QED) is 0.141. The smallest absolute Gasteiger partial charge is 0.490 e. The summed E-state index contributed by atoms with van der Waals surface area (Å²) in [5, 5.41) is 6.82. The van der Waals surface area contributed by atoms with Gasteiger partial charge in [0.25, 0.3) is 0 Å². The first-order chi connectivity index (χ1) is 21.9. The number of halogens is 4. The van der Waals surface area contributed by atoms with Gasteiger partial charge in [0.05, 0.1) is 35.2 Å². The molecule has 1 fully saturated rings. The largest absolute Gasteiger partial charge is 0.573 e. The summed E-state index contributed by atoms with van der Waals surface area (Å²) in [5.41, 5.74) is 2.59. The van der Waals surface area contributed by atoms with Crippen LogP contribution >= 0.6 is 11.8 Å². The summed E-state index contributed by atoms with van der Waals surface area (Å²) in [6.45, 7) is 5.15. The van der Waals surface area contributed by atoms with Gasteiger partial charge in [0.15, 0.2) is 11.0 Å². The van der Waals surface area contributed by atoms with Gasteiger partial charge in [0.2, 0.25) is 5.91 Å². The zero-order valence-corrected chi connectivity index (χ0v) is 26.0. The Kier molecular flexibility index (Phi) is 11.2. The van der Waals surface area contributed by atoms with Crippen LogP contribution in [0.5, 0.6) is 5.75 Å². The fourth-order valence-corrected chi connectivity index (χ4v) is 5.03. The van der Waals surface area contributed by atoms with Gasteiger partial charge in [0.1, 0.15) is 24.5 Å². The van der Waals surface area contributed by atoms with E-state index < -0.39 is 18.2 Å². The third-order valence-electron chi connectivity index (χ3n) is 6.28. The highest BCUT2D eigenvalue weighted by Crippen LogP contribution is 2.31. The molecule has 0 bridgehead atoms. The van der Waals surface area contributed by atoms with Crippen molar-refractivity contribution in [1.29, 1.82) is 0 Å². The van der Waals surface area contributed by atoms with Gasteiger partial charge in [-0.05, 0) is 56.2 Å². The number of aromatic nitrogens is 3. The van der Waals surface area contributed by atoms with Crippen molar-refractivity contribution in [2.75, 3.05) is 17.8 Å². The number of ether oxygens (including phenoxy) is 3. The van der Waals surface area contributed by atoms with Crippen LogP contribution in [-0.4, -0.2) is 51.1 Å². The second kappa shape index (κ2) is 15.1. The van der Waals surface area contributed by atoms with E-state index in [1.54, 1.807) is 6.92 Å². The molecule has 1 saturated heterocycles. The van der Waals surface area contributed by atoms with E-state index in [1.807, 2.05) is 25.1 Å². The molecule has 2 heterocycles. The fraction of sp³-hybridized carbons (Fsp3) is 0.300. The lowest BCUT2D eigenvalue weighted by molar-refractivity contribution is -0.274. The molecule has 1 N–H and O–H groups in total. The van der Waals surface area contributed by atoms with Crippen LogP contribution in [0, 0.1) is 6.92 Å². The molecule has 3 amide bonds. The topological polar surface area (TPSA) is 120 Å². The number of carbonyl (C=O) groups excluding carboxylic acids is 2. The SMILES string of the molecule is CC/C(NC(=O)N=C1SCC(=O)N1c1cc(C)ccc1COC)=C(F)\C=C(/C)OCc1ncn(-c2ccc(OC(F)(F)F)cc2)n1. The maximum Gasteiger partial charge on any atom is 0.573 e. The van der Waals surface area contributed by atoms with Gasteiger partial charge >= 0.3 is 12.4 Å². The van der Waals surface area contributed by atoms with Crippen LogP contribution in [0.15, 0.2) is 77.1 Å². The fourth-order valence-electron chi connectivity index (χ4n) is 4.18. The summed E-state index contributed by atoms with van der Waals surface area (Å²) in [4.78, 5) is 35.1. The lowest BCUT2D eigenvalue weighted by Crippen LogP contribution is -2.32. The van der Waals surface area contributed by atoms with Crippen molar-refractivity contribution in [2.24, 2.45) is 4.99 Å². The number of amides is 3. The van der Waals surface area contributed by atoms with Gasteiger partial charge < -0.3 is 19.5 Å². The second-order valence-corrected chi connectivity index (χ2v) is 10.7. The first-order valence-electron chi connectivity index (χ1n) is 13.8. The number of carbonyl (C=O) groups is 2. The van der Waals surface area contributed by atoms with Crippen molar-refractivity contribution in [3.8, 4) is 11.4 Å². The summed E-state index contributed by atoms with van der Waals surface area (Å²) in [6.07, 6.45) is -2.24. The number of aryl methyl sites for hydroxylation is 1. The number of nitrogens with zero attached hydrogens (tertiary/aromatic N) is 5. The van der Waals surface area contributed by atoms with Crippen LogP contribution in [0.2, 0.25) is 0 Å². The highest BCUT2D eigenvalue weighted by atomic mass is 32.2. The van der Waals surface area contributed by atoms with E-state index in [9.17, 15) is 22.8 Å². The number of urea groups is 1. The predicted molar refractivity (Wildman–Crippen MR) is 163 cm³/mol. The van der Waals surface area contributed by atoms with Crippen molar-refractivity contribution in [1.82, 2.24) is 20.1 Å². The number of benzene rings is 2. The predicted octanol–water partition coefficient (Wildman–Crippen LogP) is 6.48. The highest BCUT2D eigenvalue weighted by molar-refractivity contribution is 8.15. The Morgan fingerprint density at radius 3 is 2.59 bits per heavy atom. The molecule has 3 aromatic rings. The number of alkyl halides is 3. The van der Waals surface area contributed by atoms with Gasteiger partial charge in [-0.3, -0.25) is 9.69 Å². The van der Waals surface area contributed by atoms with Crippen LogP contribution in [-0.2, 0) is 27.5 Å². The van der Waals surface area contributed by atoms with E-state index >= 15 is 4.39 Å². The molecule has 0 aliphatic carbocycles. The average molecular weight is 663 g/mol. The van der Waals surface area contributed by atoms with Crippen molar-refractivity contribution < 1.29 is 41.4 Å². The van der Waals surface area contributed by atoms with E-state index in [-0.39, 0.29) is 59.5 Å². The second-order valence-electron chi connectivity index (χ2n) is 9.78. The normalized spacial score (nSPS) is 15.3. The van der Waals surface area contributed by atoms with Crippen molar-refractivity contribution in [3.63, 3.8) is 0 Å². The molecule has 0 saturated carbocycles. The first-order valence-corrected chi connectivity index (χ1v) is 14.8. The molecule has 1 aromatic heterocycles. The number of thioether (sulfide) groups is 1. The van der Waals surface area contributed by atoms with Crippen molar-refractivity contribution in [3.05, 3.63) is 89.1 Å². The van der Waals surface area contributed by atoms with Crippen molar-refractivity contribution >= 4 is 34.6 Å². The zero-order chi connectivity index (χ0) is 33.4. The lowest BCUT2D eigenvalue weighted by Gasteiger charge is -2.20. The van der Waals surface area contributed by atoms with Gasteiger partial charge in [-0.2, -0.15) is 4.99 Å². The number of methoxy groups -OCH3 is 1. The highest BCUT2D eigenvalue weighted by Gasteiger charge is 2.32. The van der Waals surface area contributed by atoms with Crippen molar-refractivity contribution in [2.45, 2.75) is 46.8 Å². The van der Waals surface area contributed by atoms with E-state index in [2.05, 4.69) is 25.1 Å². The average Bonchev–Trinajstić information content (AvgIpc) is 3.61. The molecule has 4 rings (SSSR count). The molecule has 0 spiro atoms. The van der Waals surface area contributed by atoms with Gasteiger partial charge in [-0.15, -0.1) is 18.3 Å². The third kappa shape index (κ3) is 9.17. The van der Waals surface area contributed by atoms with Gasteiger partial charge in [-0.1, -0.05) is 30.8 Å². The molecule has 0 atom stereocenters. The van der Waals surface area contributed by atoms with E-state index in [0.717, 1.165) is 41.1 Å². The number of aliphatic imine (C=N–C) groups is 1. The van der Waals surface area contributed by atoms with Crippen LogP contribution in [0.4, 0.5) is 28.0 Å². The third-order valence-corrected chi connectivity index (χ3v) is 7.20. The Balaban J connectivity index is 1.40. The van der Waals surface area contributed by atoms with Crippen LogP contribution < -0.4 is 15.0 Å². The molecule has 2 aromatic carbocycles. The maximum absolute atomic E-state index is 15.1.